The lowest BCUT2D eigenvalue weighted by atomic mass is 10.2. The fourth-order valence-electron chi connectivity index (χ4n) is 0.251. The third kappa shape index (κ3) is 3.73. The predicted octanol–water partition coefficient (Wildman–Crippen LogP) is 1.02. The fraction of sp³-hybridized carbons (Fsp3) is 0.600. The molecule has 2 N–H and O–H groups in total. The highest BCUT2D eigenvalue weighted by Gasteiger charge is 1.87. The largest absolute Gasteiger partial charge is 0.405 e. The average Bonchev–Trinajstić information content (AvgIpc) is 1.68. The Morgan fingerprint density at radius 3 is 2.57 bits per heavy atom. The standard InChI is InChI=1S/C5H11NS/c1-5(4-7)2-3-6/h2-3,5,7H,4,6H2,1H3/b3-2-. The molecule has 0 aromatic rings. The Morgan fingerprint density at radius 2 is 2.43 bits per heavy atom. The molecule has 0 aliphatic rings. The zero-order chi connectivity index (χ0) is 5.70. The quantitative estimate of drug-likeness (QED) is 0.519. The lowest BCUT2D eigenvalue weighted by Crippen LogP contribution is -1.90. The first-order chi connectivity index (χ1) is 3.31. The number of hydrogen-bond donors (Lipinski definition) is 2. The fourth-order valence-corrected chi connectivity index (χ4v) is 0.372. The molecular formula is C5H11NS. The normalized spacial score (nSPS) is 15.1. The van der Waals surface area contributed by atoms with E-state index in [1.807, 2.05) is 6.08 Å². The predicted molar refractivity (Wildman–Crippen MR) is 36.3 cm³/mol. The van der Waals surface area contributed by atoms with Crippen molar-refractivity contribution in [2.45, 2.75) is 6.92 Å². The summed E-state index contributed by atoms with van der Waals surface area (Å²) in [5.74, 6) is 1.38. The molecule has 1 nitrogen and oxygen atoms in total. The summed E-state index contributed by atoms with van der Waals surface area (Å²) in [6, 6.07) is 0. The van der Waals surface area contributed by atoms with Crippen molar-refractivity contribution in [2.24, 2.45) is 11.7 Å². The van der Waals surface area contributed by atoms with E-state index in [0.717, 1.165) is 5.75 Å². The van der Waals surface area contributed by atoms with Gasteiger partial charge < -0.3 is 5.73 Å². The Balaban J connectivity index is 3.16. The molecule has 0 amide bonds. The first-order valence-corrected chi connectivity index (χ1v) is 2.93. The van der Waals surface area contributed by atoms with Crippen LogP contribution < -0.4 is 5.73 Å². The van der Waals surface area contributed by atoms with Crippen LogP contribution in [0.3, 0.4) is 0 Å². The monoisotopic (exact) mass is 117 g/mol. The van der Waals surface area contributed by atoms with Gasteiger partial charge in [0.25, 0.3) is 0 Å². The second-order valence-corrected chi connectivity index (χ2v) is 1.91. The van der Waals surface area contributed by atoms with Gasteiger partial charge in [-0.3, -0.25) is 0 Å². The Bertz CT molecular complexity index is 61.1. The first kappa shape index (κ1) is 6.89. The molecule has 1 atom stereocenters. The van der Waals surface area contributed by atoms with Crippen LogP contribution in [0.4, 0.5) is 0 Å². The Hall–Kier alpha value is -0.110. The maximum atomic E-state index is 5.09. The third-order valence-electron chi connectivity index (χ3n) is 0.728. The number of thiol groups is 1. The van der Waals surface area contributed by atoms with Gasteiger partial charge in [0, 0.05) is 0 Å². The molecule has 0 aromatic carbocycles. The molecular weight excluding hydrogens is 106 g/mol. The van der Waals surface area contributed by atoms with Crippen molar-refractivity contribution in [1.29, 1.82) is 0 Å². The topological polar surface area (TPSA) is 26.0 Å². The Morgan fingerprint density at radius 1 is 1.86 bits per heavy atom. The van der Waals surface area contributed by atoms with Crippen molar-refractivity contribution in [2.75, 3.05) is 5.75 Å². The van der Waals surface area contributed by atoms with E-state index in [1.54, 1.807) is 6.20 Å². The van der Waals surface area contributed by atoms with E-state index in [1.165, 1.54) is 0 Å². The zero-order valence-corrected chi connectivity index (χ0v) is 5.36. The molecule has 0 spiro atoms. The molecule has 0 saturated heterocycles. The van der Waals surface area contributed by atoms with E-state index in [2.05, 4.69) is 19.6 Å². The van der Waals surface area contributed by atoms with Crippen LogP contribution in [0.15, 0.2) is 12.3 Å². The van der Waals surface area contributed by atoms with Gasteiger partial charge in [-0.15, -0.1) is 0 Å². The smallest absolute Gasteiger partial charge is 0.00368 e. The molecule has 0 bridgehead atoms. The Labute approximate surface area is 50.0 Å². The molecule has 0 aliphatic carbocycles. The summed E-state index contributed by atoms with van der Waals surface area (Å²) in [7, 11) is 0. The van der Waals surface area contributed by atoms with Crippen LogP contribution in [0, 0.1) is 5.92 Å². The van der Waals surface area contributed by atoms with Crippen molar-refractivity contribution < 1.29 is 0 Å². The lowest BCUT2D eigenvalue weighted by molar-refractivity contribution is 0.847. The van der Waals surface area contributed by atoms with Gasteiger partial charge in [0.1, 0.15) is 0 Å². The van der Waals surface area contributed by atoms with Crippen LogP contribution in [-0.2, 0) is 0 Å². The number of hydrogen-bond acceptors (Lipinski definition) is 2. The van der Waals surface area contributed by atoms with E-state index in [4.69, 9.17) is 5.73 Å². The molecule has 0 aliphatic heterocycles. The van der Waals surface area contributed by atoms with Crippen LogP contribution in [0.5, 0.6) is 0 Å². The van der Waals surface area contributed by atoms with Crippen LogP contribution in [0.2, 0.25) is 0 Å². The molecule has 7 heavy (non-hydrogen) atoms. The zero-order valence-electron chi connectivity index (χ0n) is 4.46. The second-order valence-electron chi connectivity index (χ2n) is 1.54. The maximum Gasteiger partial charge on any atom is -0.00368 e. The molecule has 2 heteroatoms. The number of nitrogens with two attached hydrogens (primary N) is 1. The van der Waals surface area contributed by atoms with Gasteiger partial charge in [0.2, 0.25) is 0 Å². The number of allylic oxidation sites excluding steroid dienone is 1. The van der Waals surface area contributed by atoms with Crippen LogP contribution in [0.1, 0.15) is 6.92 Å². The van der Waals surface area contributed by atoms with Gasteiger partial charge in [0.15, 0.2) is 0 Å². The summed E-state index contributed by atoms with van der Waals surface area (Å²) < 4.78 is 0. The summed E-state index contributed by atoms with van der Waals surface area (Å²) in [6.45, 7) is 2.07. The highest BCUT2D eigenvalue weighted by atomic mass is 32.1. The van der Waals surface area contributed by atoms with Gasteiger partial charge >= 0.3 is 0 Å². The number of rotatable bonds is 2. The molecule has 0 rings (SSSR count). The van der Waals surface area contributed by atoms with Crippen LogP contribution >= 0.6 is 12.6 Å². The van der Waals surface area contributed by atoms with Gasteiger partial charge in [-0.1, -0.05) is 13.0 Å². The summed E-state index contributed by atoms with van der Waals surface area (Å²) in [6.07, 6.45) is 3.48. The molecule has 0 fully saturated rings. The summed E-state index contributed by atoms with van der Waals surface area (Å²) >= 11 is 4.04. The van der Waals surface area contributed by atoms with E-state index < -0.39 is 0 Å². The van der Waals surface area contributed by atoms with E-state index >= 15 is 0 Å². The van der Waals surface area contributed by atoms with Crippen molar-refractivity contribution in [3.63, 3.8) is 0 Å². The molecule has 0 heterocycles. The molecule has 0 radical (unpaired) electrons. The lowest BCUT2D eigenvalue weighted by Gasteiger charge is -1.94. The van der Waals surface area contributed by atoms with Crippen molar-refractivity contribution in [3.05, 3.63) is 12.3 Å². The molecule has 0 aromatic heterocycles. The molecule has 0 saturated carbocycles. The van der Waals surface area contributed by atoms with E-state index in [9.17, 15) is 0 Å². The minimum Gasteiger partial charge on any atom is -0.405 e. The van der Waals surface area contributed by atoms with Gasteiger partial charge in [0.05, 0.1) is 0 Å². The second kappa shape index (κ2) is 4.06. The summed E-state index contributed by atoms with van der Waals surface area (Å²) in [4.78, 5) is 0. The van der Waals surface area contributed by atoms with Crippen LogP contribution in [-0.4, -0.2) is 5.75 Å². The first-order valence-electron chi connectivity index (χ1n) is 2.30. The molecule has 1 unspecified atom stereocenters. The Kier molecular flexibility index (Phi) is 4.00. The van der Waals surface area contributed by atoms with Crippen LogP contribution in [0.25, 0.3) is 0 Å². The minimum absolute atomic E-state index is 0.508. The third-order valence-corrected chi connectivity index (χ3v) is 1.30. The minimum atomic E-state index is 0.508. The molecule has 42 valence electrons. The van der Waals surface area contributed by atoms with Gasteiger partial charge in [-0.05, 0) is 17.9 Å². The highest BCUT2D eigenvalue weighted by molar-refractivity contribution is 7.80. The van der Waals surface area contributed by atoms with Crippen molar-refractivity contribution in [3.8, 4) is 0 Å². The highest BCUT2D eigenvalue weighted by Crippen LogP contribution is 1.96. The van der Waals surface area contributed by atoms with Crippen molar-refractivity contribution >= 4 is 12.6 Å². The van der Waals surface area contributed by atoms with Crippen molar-refractivity contribution in [1.82, 2.24) is 0 Å². The average molecular weight is 117 g/mol. The van der Waals surface area contributed by atoms with Gasteiger partial charge in [-0.2, -0.15) is 12.6 Å². The van der Waals surface area contributed by atoms with E-state index in [0.29, 0.717) is 5.92 Å². The SMILES string of the molecule is CC(/C=C\N)CS. The maximum absolute atomic E-state index is 5.09. The summed E-state index contributed by atoms with van der Waals surface area (Å²) in [5, 5.41) is 0. The van der Waals surface area contributed by atoms with Gasteiger partial charge in [-0.25, -0.2) is 0 Å². The van der Waals surface area contributed by atoms with E-state index in [-0.39, 0.29) is 0 Å². The summed E-state index contributed by atoms with van der Waals surface area (Å²) in [5.41, 5.74) is 5.09.